The zero-order valence-electron chi connectivity index (χ0n) is 11.6. The molecule has 4 nitrogen and oxygen atoms in total. The van der Waals surface area contributed by atoms with E-state index in [1.165, 1.54) is 24.3 Å². The van der Waals surface area contributed by atoms with Gasteiger partial charge in [-0.25, -0.2) is 0 Å². The molecule has 2 rings (SSSR count). The number of non-ortho nitro benzene ring substituents is 1. The molecule has 1 N–H and O–H groups in total. The van der Waals surface area contributed by atoms with Gasteiger partial charge in [-0.2, -0.15) is 13.2 Å². The minimum Gasteiger partial charge on any atom is -0.381 e. The van der Waals surface area contributed by atoms with Crippen LogP contribution >= 0.6 is 0 Å². The summed E-state index contributed by atoms with van der Waals surface area (Å²) in [7, 11) is 0. The number of nitro benzene ring substituents is 1. The number of rotatable bonds is 4. The molecule has 0 saturated carbocycles. The second kappa shape index (κ2) is 6.05. The van der Waals surface area contributed by atoms with Crippen molar-refractivity contribution in [3.05, 3.63) is 69.3 Å². The Kier molecular flexibility index (Phi) is 4.35. The van der Waals surface area contributed by atoms with Gasteiger partial charge in [0.15, 0.2) is 0 Å². The lowest BCUT2D eigenvalue weighted by Gasteiger charge is -2.11. The van der Waals surface area contributed by atoms with Crippen LogP contribution in [-0.2, 0) is 12.7 Å². The Labute approximate surface area is 124 Å². The summed E-state index contributed by atoms with van der Waals surface area (Å²) in [5.41, 5.74) is 1.39. The second-order valence-electron chi connectivity index (χ2n) is 4.80. The zero-order chi connectivity index (χ0) is 16.3. The SMILES string of the molecule is Cc1cc([N+](=O)[O-])ccc1NCc1ccc(C(F)(F)F)cc1. The molecule has 0 aliphatic heterocycles. The van der Waals surface area contributed by atoms with Crippen LogP contribution in [0.5, 0.6) is 0 Å². The third kappa shape index (κ3) is 3.75. The molecule has 0 atom stereocenters. The summed E-state index contributed by atoms with van der Waals surface area (Å²) in [5, 5.41) is 13.7. The molecule has 0 radical (unpaired) electrons. The van der Waals surface area contributed by atoms with Gasteiger partial charge < -0.3 is 5.32 Å². The van der Waals surface area contributed by atoms with E-state index in [2.05, 4.69) is 5.32 Å². The van der Waals surface area contributed by atoms with E-state index in [9.17, 15) is 23.3 Å². The van der Waals surface area contributed by atoms with Crippen molar-refractivity contribution in [3.8, 4) is 0 Å². The number of benzene rings is 2. The highest BCUT2D eigenvalue weighted by Gasteiger charge is 2.29. The van der Waals surface area contributed by atoms with E-state index in [1.54, 1.807) is 13.0 Å². The maximum absolute atomic E-state index is 12.5. The van der Waals surface area contributed by atoms with Crippen LogP contribution in [0.1, 0.15) is 16.7 Å². The molecule has 116 valence electrons. The van der Waals surface area contributed by atoms with Crippen molar-refractivity contribution in [2.75, 3.05) is 5.32 Å². The van der Waals surface area contributed by atoms with E-state index in [0.717, 1.165) is 12.1 Å². The number of nitrogens with zero attached hydrogens (tertiary/aromatic N) is 1. The fourth-order valence-electron chi connectivity index (χ4n) is 1.97. The number of alkyl halides is 3. The summed E-state index contributed by atoms with van der Waals surface area (Å²) in [6, 6.07) is 9.25. The first kappa shape index (κ1) is 15.8. The first-order chi connectivity index (χ1) is 10.3. The molecular formula is C15H13F3N2O2. The summed E-state index contributed by atoms with van der Waals surface area (Å²) in [4.78, 5) is 10.2. The van der Waals surface area contributed by atoms with Crippen LogP contribution in [0.4, 0.5) is 24.5 Å². The quantitative estimate of drug-likeness (QED) is 0.666. The Morgan fingerprint density at radius 3 is 2.27 bits per heavy atom. The molecule has 0 fully saturated rings. The van der Waals surface area contributed by atoms with Crippen molar-refractivity contribution in [2.24, 2.45) is 0 Å². The van der Waals surface area contributed by atoms with Gasteiger partial charge in [0, 0.05) is 24.4 Å². The lowest BCUT2D eigenvalue weighted by atomic mass is 10.1. The fourth-order valence-corrected chi connectivity index (χ4v) is 1.97. The van der Waals surface area contributed by atoms with Crippen molar-refractivity contribution in [3.63, 3.8) is 0 Å². The normalized spacial score (nSPS) is 11.3. The number of hydrogen-bond acceptors (Lipinski definition) is 3. The first-order valence-electron chi connectivity index (χ1n) is 6.42. The summed E-state index contributed by atoms with van der Waals surface area (Å²) < 4.78 is 37.4. The van der Waals surface area contributed by atoms with Crippen molar-refractivity contribution < 1.29 is 18.1 Å². The van der Waals surface area contributed by atoms with E-state index in [-0.39, 0.29) is 5.69 Å². The summed E-state index contributed by atoms with van der Waals surface area (Å²) in [6.45, 7) is 2.05. The van der Waals surface area contributed by atoms with Gasteiger partial charge in [0.05, 0.1) is 10.5 Å². The van der Waals surface area contributed by atoms with E-state index < -0.39 is 16.7 Å². The summed E-state index contributed by atoms with van der Waals surface area (Å²) >= 11 is 0. The molecule has 0 bridgehead atoms. The lowest BCUT2D eigenvalue weighted by Crippen LogP contribution is -2.06. The van der Waals surface area contributed by atoms with Gasteiger partial charge in [-0.15, -0.1) is 0 Å². The predicted octanol–water partition coefficient (Wildman–Crippen LogP) is 4.53. The molecule has 0 amide bonds. The molecule has 2 aromatic carbocycles. The Bertz CT molecular complexity index is 682. The summed E-state index contributed by atoms with van der Waals surface area (Å²) in [5.74, 6) is 0. The molecule has 0 spiro atoms. The van der Waals surface area contributed by atoms with E-state index in [4.69, 9.17) is 0 Å². The smallest absolute Gasteiger partial charge is 0.381 e. The molecule has 0 aliphatic carbocycles. The van der Waals surface area contributed by atoms with Crippen LogP contribution < -0.4 is 5.32 Å². The summed E-state index contributed by atoms with van der Waals surface area (Å²) in [6.07, 6.45) is -4.35. The van der Waals surface area contributed by atoms with E-state index >= 15 is 0 Å². The van der Waals surface area contributed by atoms with Crippen LogP contribution in [0.25, 0.3) is 0 Å². The minimum atomic E-state index is -4.35. The average molecular weight is 310 g/mol. The largest absolute Gasteiger partial charge is 0.416 e. The van der Waals surface area contributed by atoms with Gasteiger partial charge in [-0.3, -0.25) is 10.1 Å². The Morgan fingerprint density at radius 2 is 1.77 bits per heavy atom. The molecular weight excluding hydrogens is 297 g/mol. The molecule has 0 unspecified atom stereocenters. The fraction of sp³-hybridized carbons (Fsp3) is 0.200. The molecule has 7 heteroatoms. The lowest BCUT2D eigenvalue weighted by molar-refractivity contribution is -0.384. The van der Waals surface area contributed by atoms with Gasteiger partial charge in [0.2, 0.25) is 0 Å². The van der Waals surface area contributed by atoms with Crippen LogP contribution in [0.2, 0.25) is 0 Å². The third-order valence-corrected chi connectivity index (χ3v) is 3.19. The van der Waals surface area contributed by atoms with Gasteiger partial charge >= 0.3 is 6.18 Å². The number of nitro groups is 1. The molecule has 22 heavy (non-hydrogen) atoms. The highest BCUT2D eigenvalue weighted by atomic mass is 19.4. The Morgan fingerprint density at radius 1 is 1.14 bits per heavy atom. The first-order valence-corrected chi connectivity index (χ1v) is 6.42. The highest BCUT2D eigenvalue weighted by Crippen LogP contribution is 2.29. The number of anilines is 1. The van der Waals surface area contributed by atoms with Gasteiger partial charge in [-0.1, -0.05) is 12.1 Å². The molecule has 2 aromatic rings. The van der Waals surface area contributed by atoms with Crippen molar-refractivity contribution in [2.45, 2.75) is 19.6 Å². The maximum Gasteiger partial charge on any atom is 0.416 e. The monoisotopic (exact) mass is 310 g/mol. The topological polar surface area (TPSA) is 55.2 Å². The third-order valence-electron chi connectivity index (χ3n) is 3.19. The Hall–Kier alpha value is -2.57. The van der Waals surface area contributed by atoms with Crippen molar-refractivity contribution in [1.82, 2.24) is 0 Å². The minimum absolute atomic E-state index is 0.00224. The number of aryl methyl sites for hydroxylation is 1. The van der Waals surface area contributed by atoms with Gasteiger partial charge in [-0.05, 0) is 36.2 Å². The van der Waals surface area contributed by atoms with Crippen LogP contribution in [0.15, 0.2) is 42.5 Å². The van der Waals surface area contributed by atoms with Gasteiger partial charge in [0.1, 0.15) is 0 Å². The van der Waals surface area contributed by atoms with Crippen LogP contribution in [0, 0.1) is 17.0 Å². The number of hydrogen-bond donors (Lipinski definition) is 1. The van der Waals surface area contributed by atoms with Crippen molar-refractivity contribution >= 4 is 11.4 Å². The predicted molar refractivity (Wildman–Crippen MR) is 76.6 cm³/mol. The standard InChI is InChI=1S/C15H13F3N2O2/c1-10-8-13(20(21)22)6-7-14(10)19-9-11-2-4-12(5-3-11)15(16,17)18/h2-8,19H,9H2,1H3. The van der Waals surface area contributed by atoms with Crippen LogP contribution in [0.3, 0.4) is 0 Å². The number of halogens is 3. The van der Waals surface area contributed by atoms with Gasteiger partial charge in [0.25, 0.3) is 5.69 Å². The average Bonchev–Trinajstić information content (AvgIpc) is 2.45. The Balaban J connectivity index is 2.05. The zero-order valence-corrected chi connectivity index (χ0v) is 11.6. The molecule has 0 aliphatic rings. The maximum atomic E-state index is 12.5. The molecule has 0 heterocycles. The van der Waals surface area contributed by atoms with E-state index in [1.807, 2.05) is 0 Å². The molecule has 0 aromatic heterocycles. The van der Waals surface area contributed by atoms with Crippen LogP contribution in [-0.4, -0.2) is 4.92 Å². The van der Waals surface area contributed by atoms with Crippen molar-refractivity contribution in [1.29, 1.82) is 0 Å². The second-order valence-corrected chi connectivity index (χ2v) is 4.80. The molecule has 0 saturated heterocycles. The highest BCUT2D eigenvalue weighted by molar-refractivity contribution is 5.55. The van der Waals surface area contributed by atoms with E-state index in [0.29, 0.717) is 23.4 Å². The number of nitrogens with one attached hydrogen (secondary N) is 1.